The molecule has 1 aliphatic heterocycles. The number of hydrogen-bond acceptors (Lipinski definition) is 2. The van der Waals surface area contributed by atoms with Gasteiger partial charge in [-0.05, 0) is 64.9 Å². The van der Waals surface area contributed by atoms with Crippen LogP contribution >= 0.6 is 0 Å². The number of benzene rings is 1. The van der Waals surface area contributed by atoms with E-state index < -0.39 is 11.6 Å². The maximum atomic E-state index is 14.2. The molecule has 1 saturated heterocycles. The summed E-state index contributed by atoms with van der Waals surface area (Å²) < 4.78 is 28.4. The highest BCUT2D eigenvalue weighted by Gasteiger charge is 2.36. The number of likely N-dealkylation sites (tertiary alicyclic amines) is 1. The Kier molecular flexibility index (Phi) is 5.11. The minimum Gasteiger partial charge on any atom is -0.319 e. The van der Waals surface area contributed by atoms with Crippen LogP contribution in [-0.4, -0.2) is 31.1 Å². The van der Waals surface area contributed by atoms with Crippen molar-refractivity contribution in [1.82, 2.24) is 10.2 Å². The number of piperidine rings is 1. The summed E-state index contributed by atoms with van der Waals surface area (Å²) in [5.74, 6) is -0.616. The number of halogens is 2. The Morgan fingerprint density at radius 3 is 2.50 bits per heavy atom. The molecule has 2 rings (SSSR count). The molecule has 112 valence electrons. The Bertz CT molecular complexity index is 426. The van der Waals surface area contributed by atoms with Gasteiger partial charge in [-0.1, -0.05) is 6.07 Å². The second-order valence-electron chi connectivity index (χ2n) is 5.87. The van der Waals surface area contributed by atoms with E-state index in [1.54, 1.807) is 0 Å². The van der Waals surface area contributed by atoms with Crippen molar-refractivity contribution in [2.24, 2.45) is 5.92 Å². The molecule has 2 atom stereocenters. The molecule has 4 heteroatoms. The molecule has 0 radical (unpaired) electrons. The summed E-state index contributed by atoms with van der Waals surface area (Å²) in [7, 11) is 1.89. The maximum Gasteiger partial charge on any atom is 0.130 e. The van der Waals surface area contributed by atoms with Crippen LogP contribution in [0.2, 0.25) is 0 Å². The van der Waals surface area contributed by atoms with Gasteiger partial charge in [0.2, 0.25) is 0 Å². The second-order valence-corrected chi connectivity index (χ2v) is 5.87. The molecule has 1 heterocycles. The van der Waals surface area contributed by atoms with E-state index in [2.05, 4.69) is 24.1 Å². The largest absolute Gasteiger partial charge is 0.319 e. The van der Waals surface area contributed by atoms with Gasteiger partial charge in [-0.3, -0.25) is 4.90 Å². The van der Waals surface area contributed by atoms with Crippen molar-refractivity contribution < 1.29 is 8.78 Å². The van der Waals surface area contributed by atoms with E-state index in [1.165, 1.54) is 18.2 Å². The molecule has 1 N–H and O–H groups in total. The first-order chi connectivity index (χ1) is 9.56. The molecule has 0 amide bonds. The lowest BCUT2D eigenvalue weighted by molar-refractivity contribution is 0.0588. The summed E-state index contributed by atoms with van der Waals surface area (Å²) in [5, 5.41) is 3.16. The number of rotatable bonds is 4. The van der Waals surface area contributed by atoms with Crippen LogP contribution in [0, 0.1) is 17.6 Å². The first kappa shape index (κ1) is 15.4. The fourth-order valence-electron chi connectivity index (χ4n) is 3.35. The van der Waals surface area contributed by atoms with Gasteiger partial charge < -0.3 is 5.32 Å². The molecule has 1 aromatic rings. The van der Waals surface area contributed by atoms with Crippen molar-refractivity contribution in [3.8, 4) is 0 Å². The van der Waals surface area contributed by atoms with Gasteiger partial charge in [-0.15, -0.1) is 0 Å². The smallest absolute Gasteiger partial charge is 0.130 e. The summed E-state index contributed by atoms with van der Waals surface area (Å²) in [6.07, 6.45) is 2.08. The molecule has 1 aromatic carbocycles. The van der Waals surface area contributed by atoms with Gasteiger partial charge in [-0.2, -0.15) is 0 Å². The molecular weight excluding hydrogens is 258 g/mol. The molecule has 0 spiro atoms. The summed E-state index contributed by atoms with van der Waals surface area (Å²) in [5.41, 5.74) is 0.237. The molecule has 1 aliphatic rings. The summed E-state index contributed by atoms with van der Waals surface area (Å²) in [4.78, 5) is 2.23. The third-order valence-corrected chi connectivity index (χ3v) is 4.22. The molecule has 1 fully saturated rings. The van der Waals surface area contributed by atoms with Crippen molar-refractivity contribution >= 4 is 0 Å². The van der Waals surface area contributed by atoms with Crippen molar-refractivity contribution in [1.29, 1.82) is 0 Å². The van der Waals surface area contributed by atoms with Gasteiger partial charge >= 0.3 is 0 Å². The molecule has 20 heavy (non-hydrogen) atoms. The second kappa shape index (κ2) is 6.64. The normalized spacial score (nSPS) is 24.3. The fraction of sp³-hybridized carbons (Fsp3) is 0.625. The van der Waals surface area contributed by atoms with Crippen LogP contribution in [0.25, 0.3) is 0 Å². The summed E-state index contributed by atoms with van der Waals surface area (Å²) >= 11 is 0. The minimum atomic E-state index is -0.427. The lowest BCUT2D eigenvalue weighted by Gasteiger charge is -2.44. The third-order valence-electron chi connectivity index (χ3n) is 4.22. The van der Waals surface area contributed by atoms with E-state index in [9.17, 15) is 8.78 Å². The summed E-state index contributed by atoms with van der Waals surface area (Å²) in [6.45, 7) is 5.86. The predicted octanol–water partition coefficient (Wildman–Crippen LogP) is 3.35. The van der Waals surface area contributed by atoms with E-state index >= 15 is 0 Å². The monoisotopic (exact) mass is 282 g/mol. The van der Waals surface area contributed by atoms with E-state index in [1.807, 2.05) is 7.05 Å². The summed E-state index contributed by atoms with van der Waals surface area (Å²) in [6, 6.07) is 4.25. The Hall–Kier alpha value is -1.00. The van der Waals surface area contributed by atoms with Crippen molar-refractivity contribution in [3.05, 3.63) is 35.4 Å². The zero-order valence-electron chi connectivity index (χ0n) is 12.5. The van der Waals surface area contributed by atoms with Crippen LogP contribution in [0.15, 0.2) is 18.2 Å². The Morgan fingerprint density at radius 1 is 1.30 bits per heavy atom. The Balaban J connectivity index is 2.43. The quantitative estimate of drug-likeness (QED) is 0.911. The van der Waals surface area contributed by atoms with Crippen molar-refractivity contribution in [2.45, 2.75) is 38.8 Å². The first-order valence-corrected chi connectivity index (χ1v) is 7.40. The molecule has 2 nitrogen and oxygen atoms in total. The lowest BCUT2D eigenvalue weighted by atomic mass is 9.83. The van der Waals surface area contributed by atoms with Crippen LogP contribution in [0.5, 0.6) is 0 Å². The Morgan fingerprint density at radius 2 is 1.95 bits per heavy atom. The van der Waals surface area contributed by atoms with E-state index in [0.29, 0.717) is 0 Å². The van der Waals surface area contributed by atoms with Gasteiger partial charge in [0.15, 0.2) is 0 Å². The number of nitrogens with one attached hydrogen (secondary N) is 1. The van der Waals surface area contributed by atoms with Gasteiger partial charge in [0.25, 0.3) is 0 Å². The van der Waals surface area contributed by atoms with Crippen LogP contribution in [-0.2, 0) is 0 Å². The molecule has 0 aromatic heterocycles. The van der Waals surface area contributed by atoms with E-state index in [4.69, 9.17) is 0 Å². The van der Waals surface area contributed by atoms with Crippen molar-refractivity contribution in [2.75, 3.05) is 20.1 Å². The van der Waals surface area contributed by atoms with Crippen molar-refractivity contribution in [3.63, 3.8) is 0 Å². The maximum absolute atomic E-state index is 14.2. The SMILES string of the molecule is CNCC1CCCN(C(C)C)C1c1c(F)cccc1F. The standard InChI is InChI=1S/C16H24F2N2/c1-11(2)20-9-5-6-12(10-19-3)16(20)15-13(17)7-4-8-14(15)18/h4,7-8,11-12,16,19H,5-6,9-10H2,1-3H3. The molecule has 0 aliphatic carbocycles. The molecular formula is C16H24F2N2. The van der Waals surface area contributed by atoms with Gasteiger partial charge in [0.05, 0.1) is 0 Å². The molecule has 0 bridgehead atoms. The molecule has 0 saturated carbocycles. The zero-order chi connectivity index (χ0) is 14.7. The minimum absolute atomic E-state index is 0.183. The van der Waals surface area contributed by atoms with Crippen LogP contribution in [0.1, 0.15) is 38.3 Å². The van der Waals surface area contributed by atoms with E-state index in [-0.39, 0.29) is 23.6 Å². The lowest BCUT2D eigenvalue weighted by Crippen LogP contribution is -2.46. The highest BCUT2D eigenvalue weighted by molar-refractivity contribution is 5.25. The average molecular weight is 282 g/mol. The number of hydrogen-bond donors (Lipinski definition) is 1. The first-order valence-electron chi connectivity index (χ1n) is 7.40. The highest BCUT2D eigenvalue weighted by Crippen LogP contribution is 2.39. The van der Waals surface area contributed by atoms with Crippen LogP contribution in [0.3, 0.4) is 0 Å². The van der Waals surface area contributed by atoms with Crippen LogP contribution < -0.4 is 5.32 Å². The fourth-order valence-corrected chi connectivity index (χ4v) is 3.35. The van der Waals surface area contributed by atoms with E-state index in [0.717, 1.165) is 25.9 Å². The topological polar surface area (TPSA) is 15.3 Å². The predicted molar refractivity (Wildman–Crippen MR) is 77.6 cm³/mol. The van der Waals surface area contributed by atoms with Crippen LogP contribution in [0.4, 0.5) is 8.78 Å². The third kappa shape index (κ3) is 3.01. The average Bonchev–Trinajstić information content (AvgIpc) is 2.40. The zero-order valence-corrected chi connectivity index (χ0v) is 12.5. The van der Waals surface area contributed by atoms with Gasteiger partial charge in [0.1, 0.15) is 11.6 Å². The highest BCUT2D eigenvalue weighted by atomic mass is 19.1. The van der Waals surface area contributed by atoms with Gasteiger partial charge in [0, 0.05) is 17.6 Å². The number of nitrogens with zero attached hydrogens (tertiary/aromatic N) is 1. The molecule has 2 unspecified atom stereocenters. The van der Waals surface area contributed by atoms with Gasteiger partial charge in [-0.25, -0.2) is 8.78 Å². The Labute approximate surface area is 120 Å².